The smallest absolute Gasteiger partial charge is 0.0133 e. The highest BCUT2D eigenvalue weighted by Gasteiger charge is 2.23. The van der Waals surface area contributed by atoms with E-state index in [0.29, 0.717) is 0 Å². The number of hydrogen-bond acceptors (Lipinski definition) is 1. The van der Waals surface area contributed by atoms with Crippen molar-refractivity contribution in [3.63, 3.8) is 0 Å². The molecule has 1 heterocycles. The molecule has 2 aliphatic rings. The lowest BCUT2D eigenvalue weighted by molar-refractivity contribution is 0.151. The fraction of sp³-hybridized carbons (Fsp3) is 0.857. The fourth-order valence-electron chi connectivity index (χ4n) is 2.98. The molecule has 1 unspecified atom stereocenters. The average Bonchev–Trinajstić information content (AvgIpc) is 2.30. The summed E-state index contributed by atoms with van der Waals surface area (Å²) in [5.41, 5.74) is 1.70. The first-order valence-electron chi connectivity index (χ1n) is 6.70. The van der Waals surface area contributed by atoms with Crippen LogP contribution < -0.4 is 0 Å². The van der Waals surface area contributed by atoms with E-state index < -0.39 is 0 Å². The summed E-state index contributed by atoms with van der Waals surface area (Å²) in [6.45, 7) is 7.37. The van der Waals surface area contributed by atoms with Crippen LogP contribution in [0.3, 0.4) is 0 Å². The van der Waals surface area contributed by atoms with Crippen LogP contribution in [0.25, 0.3) is 0 Å². The second kappa shape index (κ2) is 5.16. The Hall–Kier alpha value is -0.300. The van der Waals surface area contributed by atoms with Crippen molar-refractivity contribution < 1.29 is 0 Å². The summed E-state index contributed by atoms with van der Waals surface area (Å²) >= 11 is 0. The van der Waals surface area contributed by atoms with Gasteiger partial charge in [0.2, 0.25) is 0 Å². The quantitative estimate of drug-likeness (QED) is 0.625. The van der Waals surface area contributed by atoms with E-state index in [-0.39, 0.29) is 0 Å². The van der Waals surface area contributed by atoms with Gasteiger partial charge in [-0.25, -0.2) is 0 Å². The summed E-state index contributed by atoms with van der Waals surface area (Å²) in [6, 6.07) is 0.868. The van der Waals surface area contributed by atoms with Gasteiger partial charge in [-0.05, 0) is 51.1 Å². The van der Waals surface area contributed by atoms with Crippen LogP contribution in [0.5, 0.6) is 0 Å². The lowest BCUT2D eigenvalue weighted by Gasteiger charge is -2.36. The average molecular weight is 207 g/mol. The molecule has 0 bridgehead atoms. The van der Waals surface area contributed by atoms with Crippen LogP contribution in [0.15, 0.2) is 11.6 Å². The highest BCUT2D eigenvalue weighted by molar-refractivity contribution is 5.10. The molecular weight excluding hydrogens is 182 g/mol. The van der Waals surface area contributed by atoms with Gasteiger partial charge in [0.1, 0.15) is 0 Å². The van der Waals surface area contributed by atoms with Gasteiger partial charge in [-0.3, -0.25) is 0 Å². The van der Waals surface area contributed by atoms with Crippen LogP contribution in [0.2, 0.25) is 0 Å². The molecule has 86 valence electrons. The van der Waals surface area contributed by atoms with Gasteiger partial charge in [-0.2, -0.15) is 0 Å². The minimum atomic E-state index is 0.771. The highest BCUT2D eigenvalue weighted by Crippen LogP contribution is 2.28. The molecule has 15 heavy (non-hydrogen) atoms. The van der Waals surface area contributed by atoms with E-state index in [1.54, 1.807) is 5.57 Å². The summed E-state index contributed by atoms with van der Waals surface area (Å²) in [5, 5.41) is 0. The normalized spacial score (nSPS) is 29.3. The lowest BCUT2D eigenvalue weighted by atomic mass is 9.87. The van der Waals surface area contributed by atoms with Crippen molar-refractivity contribution >= 4 is 0 Å². The summed E-state index contributed by atoms with van der Waals surface area (Å²) < 4.78 is 0. The summed E-state index contributed by atoms with van der Waals surface area (Å²) in [5.74, 6) is 0.771. The van der Waals surface area contributed by atoms with Crippen LogP contribution in [0.1, 0.15) is 52.4 Å². The molecular formula is C14H25N. The Balaban J connectivity index is 1.86. The third kappa shape index (κ3) is 2.84. The molecule has 2 rings (SSSR count). The molecule has 1 aliphatic heterocycles. The predicted molar refractivity (Wildman–Crippen MR) is 66.0 cm³/mol. The van der Waals surface area contributed by atoms with Crippen LogP contribution in [0, 0.1) is 5.92 Å². The van der Waals surface area contributed by atoms with Crippen molar-refractivity contribution in [1.82, 2.24) is 4.90 Å². The third-order valence-corrected chi connectivity index (χ3v) is 4.07. The van der Waals surface area contributed by atoms with Crippen LogP contribution in [-0.4, -0.2) is 24.0 Å². The standard InChI is InChI=1S/C14H25N/c1-12(2)13-6-8-14(9-7-13)15-10-4-3-5-11-15/h6,12,14H,3-5,7-11H2,1-2H3. The Morgan fingerprint density at radius 2 is 1.93 bits per heavy atom. The minimum Gasteiger partial charge on any atom is -0.300 e. The molecule has 0 radical (unpaired) electrons. The van der Waals surface area contributed by atoms with Crippen LogP contribution >= 0.6 is 0 Å². The Kier molecular flexibility index (Phi) is 3.85. The first kappa shape index (κ1) is 11.2. The molecule has 1 atom stereocenters. The van der Waals surface area contributed by atoms with E-state index in [2.05, 4.69) is 24.8 Å². The second-order valence-corrected chi connectivity index (χ2v) is 5.46. The minimum absolute atomic E-state index is 0.771. The van der Waals surface area contributed by atoms with Gasteiger partial charge in [0.05, 0.1) is 0 Å². The molecule has 0 saturated carbocycles. The Labute approximate surface area is 94.5 Å². The monoisotopic (exact) mass is 207 g/mol. The fourth-order valence-corrected chi connectivity index (χ4v) is 2.98. The molecule has 1 aliphatic carbocycles. The van der Waals surface area contributed by atoms with E-state index in [1.165, 1.54) is 51.6 Å². The van der Waals surface area contributed by atoms with Gasteiger partial charge in [-0.15, -0.1) is 0 Å². The molecule has 0 spiro atoms. The van der Waals surface area contributed by atoms with Crippen molar-refractivity contribution in [2.75, 3.05) is 13.1 Å². The maximum atomic E-state index is 2.73. The second-order valence-electron chi connectivity index (χ2n) is 5.46. The van der Waals surface area contributed by atoms with E-state index >= 15 is 0 Å². The Morgan fingerprint density at radius 3 is 2.47 bits per heavy atom. The topological polar surface area (TPSA) is 3.24 Å². The highest BCUT2D eigenvalue weighted by atomic mass is 15.2. The molecule has 1 saturated heterocycles. The summed E-state index contributed by atoms with van der Waals surface area (Å²) in [7, 11) is 0. The number of nitrogens with zero attached hydrogens (tertiary/aromatic N) is 1. The van der Waals surface area contributed by atoms with Crippen molar-refractivity contribution in [2.45, 2.75) is 58.4 Å². The van der Waals surface area contributed by atoms with Gasteiger partial charge in [0.15, 0.2) is 0 Å². The lowest BCUT2D eigenvalue weighted by Crippen LogP contribution is -2.40. The maximum Gasteiger partial charge on any atom is 0.0133 e. The number of hydrogen-bond donors (Lipinski definition) is 0. The third-order valence-electron chi connectivity index (χ3n) is 4.07. The van der Waals surface area contributed by atoms with E-state index in [4.69, 9.17) is 0 Å². The van der Waals surface area contributed by atoms with Gasteiger partial charge in [0.25, 0.3) is 0 Å². The first-order valence-corrected chi connectivity index (χ1v) is 6.70. The number of allylic oxidation sites excluding steroid dienone is 1. The van der Waals surface area contributed by atoms with Gasteiger partial charge in [0, 0.05) is 6.04 Å². The van der Waals surface area contributed by atoms with E-state index in [1.807, 2.05) is 0 Å². The number of rotatable bonds is 2. The molecule has 1 heteroatoms. The molecule has 0 amide bonds. The van der Waals surface area contributed by atoms with Crippen molar-refractivity contribution in [2.24, 2.45) is 5.92 Å². The molecule has 0 aromatic heterocycles. The molecule has 0 aromatic rings. The van der Waals surface area contributed by atoms with Gasteiger partial charge in [-0.1, -0.05) is 31.9 Å². The zero-order chi connectivity index (χ0) is 10.7. The van der Waals surface area contributed by atoms with Crippen LogP contribution in [0.4, 0.5) is 0 Å². The SMILES string of the molecule is CC(C)C1=CCC(N2CCCCC2)CC1. The summed E-state index contributed by atoms with van der Waals surface area (Å²) in [6.07, 6.45) is 10.9. The Morgan fingerprint density at radius 1 is 1.20 bits per heavy atom. The summed E-state index contributed by atoms with van der Waals surface area (Å²) in [4.78, 5) is 2.73. The van der Waals surface area contributed by atoms with E-state index in [9.17, 15) is 0 Å². The Bertz CT molecular complexity index is 223. The number of likely N-dealkylation sites (tertiary alicyclic amines) is 1. The number of piperidine rings is 1. The van der Waals surface area contributed by atoms with Crippen molar-refractivity contribution in [1.29, 1.82) is 0 Å². The molecule has 0 aromatic carbocycles. The van der Waals surface area contributed by atoms with Crippen LogP contribution in [-0.2, 0) is 0 Å². The van der Waals surface area contributed by atoms with Crippen molar-refractivity contribution in [3.8, 4) is 0 Å². The zero-order valence-corrected chi connectivity index (χ0v) is 10.3. The first-order chi connectivity index (χ1) is 7.27. The zero-order valence-electron chi connectivity index (χ0n) is 10.3. The molecule has 1 nitrogen and oxygen atoms in total. The largest absolute Gasteiger partial charge is 0.300 e. The van der Waals surface area contributed by atoms with Gasteiger partial charge >= 0.3 is 0 Å². The maximum absolute atomic E-state index is 2.73. The predicted octanol–water partition coefficient (Wildman–Crippen LogP) is 3.61. The van der Waals surface area contributed by atoms with E-state index in [0.717, 1.165) is 12.0 Å². The molecule has 1 fully saturated rings. The van der Waals surface area contributed by atoms with Gasteiger partial charge < -0.3 is 4.90 Å². The van der Waals surface area contributed by atoms with Crippen molar-refractivity contribution in [3.05, 3.63) is 11.6 Å². The molecule has 0 N–H and O–H groups in total.